The SMILES string of the molecule is Cc1cc(C)cc(NC(=O)NCC(c2ccc3c(c2)CCO3)N(C)C)c1. The van der Waals surface area contributed by atoms with Crippen molar-refractivity contribution < 1.29 is 9.53 Å². The molecule has 138 valence electrons. The second-order valence-electron chi connectivity index (χ2n) is 7.16. The highest BCUT2D eigenvalue weighted by molar-refractivity contribution is 5.89. The number of hydrogen-bond donors (Lipinski definition) is 2. The van der Waals surface area contributed by atoms with Crippen LogP contribution in [0.4, 0.5) is 10.5 Å². The number of carbonyl (C=O) groups is 1. The molecule has 0 fully saturated rings. The van der Waals surface area contributed by atoms with Gasteiger partial charge in [-0.3, -0.25) is 0 Å². The number of hydrogen-bond acceptors (Lipinski definition) is 3. The van der Waals surface area contributed by atoms with Crippen LogP contribution in [-0.4, -0.2) is 38.2 Å². The molecule has 0 bridgehead atoms. The van der Waals surface area contributed by atoms with Gasteiger partial charge in [0.25, 0.3) is 0 Å². The number of anilines is 1. The Morgan fingerprint density at radius 1 is 1.15 bits per heavy atom. The van der Waals surface area contributed by atoms with Crippen LogP contribution in [0.5, 0.6) is 5.75 Å². The number of likely N-dealkylation sites (N-methyl/N-ethyl adjacent to an activating group) is 1. The second kappa shape index (κ2) is 7.79. The predicted octanol–water partition coefficient (Wildman–Crippen LogP) is 3.66. The lowest BCUT2D eigenvalue weighted by atomic mass is 10.0. The zero-order valence-corrected chi connectivity index (χ0v) is 15.9. The maximum atomic E-state index is 12.3. The van der Waals surface area contributed by atoms with Crippen LogP contribution in [0.2, 0.25) is 0 Å². The molecule has 0 radical (unpaired) electrons. The highest BCUT2D eigenvalue weighted by Gasteiger charge is 2.19. The Morgan fingerprint density at radius 3 is 2.58 bits per heavy atom. The monoisotopic (exact) mass is 353 g/mol. The van der Waals surface area contributed by atoms with Crippen LogP contribution in [-0.2, 0) is 6.42 Å². The summed E-state index contributed by atoms with van der Waals surface area (Å²) in [4.78, 5) is 14.4. The van der Waals surface area contributed by atoms with Crippen LogP contribution in [0.1, 0.15) is 28.3 Å². The van der Waals surface area contributed by atoms with Crippen molar-refractivity contribution in [1.82, 2.24) is 10.2 Å². The Kier molecular flexibility index (Phi) is 5.47. The summed E-state index contributed by atoms with van der Waals surface area (Å²) in [7, 11) is 4.05. The molecular weight excluding hydrogens is 326 g/mol. The van der Waals surface area contributed by atoms with Gasteiger partial charge in [-0.1, -0.05) is 18.2 Å². The average molecular weight is 353 g/mol. The number of aryl methyl sites for hydroxylation is 2. The first-order chi connectivity index (χ1) is 12.4. The van der Waals surface area contributed by atoms with Gasteiger partial charge in [0.1, 0.15) is 5.75 Å². The molecule has 1 atom stereocenters. The third-order valence-corrected chi connectivity index (χ3v) is 4.66. The molecule has 0 aliphatic carbocycles. The minimum Gasteiger partial charge on any atom is -0.493 e. The molecule has 1 aliphatic rings. The maximum absolute atomic E-state index is 12.3. The van der Waals surface area contributed by atoms with Crippen molar-refractivity contribution in [2.75, 3.05) is 32.6 Å². The zero-order valence-electron chi connectivity index (χ0n) is 15.9. The van der Waals surface area contributed by atoms with E-state index in [0.29, 0.717) is 6.54 Å². The number of nitrogens with zero attached hydrogens (tertiary/aromatic N) is 1. The fourth-order valence-corrected chi connectivity index (χ4v) is 3.42. The maximum Gasteiger partial charge on any atom is 0.319 e. The molecule has 0 aromatic heterocycles. The molecular formula is C21H27N3O2. The van der Waals surface area contributed by atoms with E-state index in [4.69, 9.17) is 4.74 Å². The van der Waals surface area contributed by atoms with E-state index in [2.05, 4.69) is 33.7 Å². The van der Waals surface area contributed by atoms with Crippen molar-refractivity contribution in [2.24, 2.45) is 0 Å². The Bertz CT molecular complexity index is 782. The smallest absolute Gasteiger partial charge is 0.319 e. The summed E-state index contributed by atoms with van der Waals surface area (Å²) >= 11 is 0. The average Bonchev–Trinajstić information content (AvgIpc) is 3.01. The van der Waals surface area contributed by atoms with Gasteiger partial charge in [-0.2, -0.15) is 0 Å². The number of nitrogens with one attached hydrogen (secondary N) is 2. The fourth-order valence-electron chi connectivity index (χ4n) is 3.42. The Balaban J connectivity index is 1.64. The molecule has 1 aliphatic heterocycles. The molecule has 2 amide bonds. The van der Waals surface area contributed by atoms with Gasteiger partial charge in [-0.15, -0.1) is 0 Å². The van der Waals surface area contributed by atoms with E-state index in [1.54, 1.807) is 0 Å². The summed E-state index contributed by atoms with van der Waals surface area (Å²) in [5, 5.41) is 5.92. The van der Waals surface area contributed by atoms with Gasteiger partial charge in [0.15, 0.2) is 0 Å². The molecule has 2 aromatic carbocycles. The van der Waals surface area contributed by atoms with Crippen LogP contribution in [0.3, 0.4) is 0 Å². The first-order valence-electron chi connectivity index (χ1n) is 8.97. The number of ether oxygens (including phenoxy) is 1. The topological polar surface area (TPSA) is 53.6 Å². The number of carbonyl (C=O) groups excluding carboxylic acids is 1. The number of amides is 2. The summed E-state index contributed by atoms with van der Waals surface area (Å²) in [6.45, 7) is 5.33. The molecule has 0 saturated heterocycles. The molecule has 0 spiro atoms. The molecule has 0 saturated carbocycles. The van der Waals surface area contributed by atoms with Gasteiger partial charge in [-0.05, 0) is 68.4 Å². The van der Waals surface area contributed by atoms with E-state index >= 15 is 0 Å². The fraction of sp³-hybridized carbons (Fsp3) is 0.381. The van der Waals surface area contributed by atoms with E-state index in [0.717, 1.165) is 35.6 Å². The molecule has 2 aromatic rings. The van der Waals surface area contributed by atoms with Crippen molar-refractivity contribution in [3.63, 3.8) is 0 Å². The van der Waals surface area contributed by atoms with Crippen LogP contribution >= 0.6 is 0 Å². The first-order valence-corrected chi connectivity index (χ1v) is 8.97. The third-order valence-electron chi connectivity index (χ3n) is 4.66. The number of fused-ring (bicyclic) bond motifs is 1. The van der Waals surface area contributed by atoms with E-state index in [9.17, 15) is 4.79 Å². The quantitative estimate of drug-likeness (QED) is 0.862. The molecule has 5 heteroatoms. The molecule has 5 nitrogen and oxygen atoms in total. The van der Waals surface area contributed by atoms with Crippen molar-refractivity contribution >= 4 is 11.7 Å². The predicted molar refractivity (Wildman–Crippen MR) is 105 cm³/mol. The highest BCUT2D eigenvalue weighted by Crippen LogP contribution is 2.29. The third kappa shape index (κ3) is 4.35. The Labute approximate surface area is 155 Å². The van der Waals surface area contributed by atoms with Gasteiger partial charge in [0, 0.05) is 18.7 Å². The lowest BCUT2D eigenvalue weighted by molar-refractivity contribution is 0.243. The summed E-state index contributed by atoms with van der Waals surface area (Å²) in [5.74, 6) is 0.978. The second-order valence-corrected chi connectivity index (χ2v) is 7.16. The highest BCUT2D eigenvalue weighted by atomic mass is 16.5. The van der Waals surface area contributed by atoms with Crippen LogP contribution in [0.25, 0.3) is 0 Å². The van der Waals surface area contributed by atoms with Gasteiger partial charge < -0.3 is 20.3 Å². The minimum atomic E-state index is -0.189. The zero-order chi connectivity index (χ0) is 18.7. The number of benzene rings is 2. The van der Waals surface area contributed by atoms with E-state index in [1.807, 2.05) is 46.1 Å². The minimum absolute atomic E-state index is 0.103. The van der Waals surface area contributed by atoms with Crippen LogP contribution in [0, 0.1) is 13.8 Å². The largest absolute Gasteiger partial charge is 0.493 e. The lowest BCUT2D eigenvalue weighted by Crippen LogP contribution is -2.36. The summed E-state index contributed by atoms with van der Waals surface area (Å²) in [5.41, 5.74) is 5.51. The normalized spacial score (nSPS) is 13.9. The molecule has 26 heavy (non-hydrogen) atoms. The van der Waals surface area contributed by atoms with Crippen molar-refractivity contribution in [3.8, 4) is 5.75 Å². The van der Waals surface area contributed by atoms with Gasteiger partial charge in [0.2, 0.25) is 0 Å². The van der Waals surface area contributed by atoms with Gasteiger partial charge in [0.05, 0.1) is 12.6 Å². The van der Waals surface area contributed by atoms with E-state index in [-0.39, 0.29) is 12.1 Å². The lowest BCUT2D eigenvalue weighted by Gasteiger charge is -2.25. The standard InChI is InChI=1S/C21H27N3O2/c1-14-9-15(2)11-18(10-14)23-21(25)22-13-19(24(3)4)16-5-6-20-17(12-16)7-8-26-20/h5-6,9-12,19H,7-8,13H2,1-4H3,(H2,22,23,25). The van der Waals surface area contributed by atoms with Crippen molar-refractivity contribution in [3.05, 3.63) is 58.7 Å². The van der Waals surface area contributed by atoms with E-state index < -0.39 is 0 Å². The first kappa shape index (κ1) is 18.3. The van der Waals surface area contributed by atoms with Crippen molar-refractivity contribution in [2.45, 2.75) is 26.3 Å². The van der Waals surface area contributed by atoms with Crippen LogP contribution in [0.15, 0.2) is 36.4 Å². The summed E-state index contributed by atoms with van der Waals surface area (Å²) in [6.07, 6.45) is 0.948. The molecule has 3 rings (SSSR count). The number of urea groups is 1. The Morgan fingerprint density at radius 2 is 1.88 bits per heavy atom. The Hall–Kier alpha value is -2.53. The van der Waals surface area contributed by atoms with Gasteiger partial charge in [-0.25, -0.2) is 4.79 Å². The summed E-state index contributed by atoms with van der Waals surface area (Å²) in [6, 6.07) is 12.2. The molecule has 1 unspecified atom stereocenters. The molecule has 2 N–H and O–H groups in total. The van der Waals surface area contributed by atoms with Crippen molar-refractivity contribution in [1.29, 1.82) is 0 Å². The van der Waals surface area contributed by atoms with E-state index in [1.165, 1.54) is 11.1 Å². The molecule has 1 heterocycles. The van der Waals surface area contributed by atoms with Gasteiger partial charge >= 0.3 is 6.03 Å². The number of rotatable bonds is 5. The summed E-state index contributed by atoms with van der Waals surface area (Å²) < 4.78 is 5.58. The van der Waals surface area contributed by atoms with Crippen LogP contribution < -0.4 is 15.4 Å².